The molecule has 1 heterocycles. The molecule has 0 fully saturated rings. The fraction of sp³-hybridized carbons (Fsp3) is 0.333. The first-order valence-corrected chi connectivity index (χ1v) is 7.23. The Bertz CT molecular complexity index is 687. The molecule has 2 aromatic rings. The van der Waals surface area contributed by atoms with Crippen molar-refractivity contribution in [1.29, 1.82) is 0 Å². The van der Waals surface area contributed by atoms with Crippen LogP contribution in [0.1, 0.15) is 30.4 Å². The van der Waals surface area contributed by atoms with E-state index in [0.29, 0.717) is 21.8 Å². The van der Waals surface area contributed by atoms with Gasteiger partial charge in [-0.05, 0) is 26.0 Å². The second-order valence-electron chi connectivity index (χ2n) is 4.70. The third-order valence-electron chi connectivity index (χ3n) is 2.59. The van der Waals surface area contributed by atoms with Crippen molar-refractivity contribution in [2.45, 2.75) is 26.9 Å². The van der Waals surface area contributed by atoms with Crippen LogP contribution in [-0.4, -0.2) is 25.2 Å². The summed E-state index contributed by atoms with van der Waals surface area (Å²) in [6.45, 7) is 5.14. The summed E-state index contributed by atoms with van der Waals surface area (Å²) in [5, 5.41) is 0.687. The number of rotatable bonds is 4. The first-order valence-electron chi connectivity index (χ1n) is 6.41. The maximum atomic E-state index is 11.6. The van der Waals surface area contributed by atoms with Crippen LogP contribution in [0.25, 0.3) is 10.1 Å². The minimum Gasteiger partial charge on any atom is -0.491 e. The number of carbonyl (C=O) groups is 2. The highest BCUT2D eigenvalue weighted by molar-refractivity contribution is 7.20. The van der Waals surface area contributed by atoms with Crippen LogP contribution in [0.5, 0.6) is 11.5 Å². The molecule has 0 aliphatic heterocycles. The second-order valence-corrected chi connectivity index (χ2v) is 5.78. The van der Waals surface area contributed by atoms with Crippen molar-refractivity contribution in [3.63, 3.8) is 0 Å². The van der Waals surface area contributed by atoms with Crippen LogP contribution in [0, 0.1) is 0 Å². The van der Waals surface area contributed by atoms with Crippen molar-refractivity contribution >= 4 is 33.4 Å². The molecule has 0 spiro atoms. The van der Waals surface area contributed by atoms with Crippen LogP contribution in [0.15, 0.2) is 18.2 Å². The quantitative estimate of drug-likeness (QED) is 0.640. The number of hydrogen-bond acceptors (Lipinski definition) is 6. The van der Waals surface area contributed by atoms with E-state index in [2.05, 4.69) is 0 Å². The summed E-state index contributed by atoms with van der Waals surface area (Å²) in [5.74, 6) is 0.120. The van der Waals surface area contributed by atoms with Gasteiger partial charge in [0, 0.05) is 23.1 Å². The Morgan fingerprint density at radius 1 is 1.19 bits per heavy atom. The van der Waals surface area contributed by atoms with Crippen molar-refractivity contribution < 1.29 is 23.8 Å². The van der Waals surface area contributed by atoms with E-state index in [4.69, 9.17) is 14.2 Å². The molecule has 0 saturated carbocycles. The smallest absolute Gasteiger partial charge is 0.348 e. The van der Waals surface area contributed by atoms with Crippen molar-refractivity contribution in [3.05, 3.63) is 23.1 Å². The minimum atomic E-state index is -0.427. The minimum absolute atomic E-state index is 0.00679. The number of ether oxygens (including phenoxy) is 3. The van der Waals surface area contributed by atoms with E-state index in [-0.39, 0.29) is 6.10 Å². The van der Waals surface area contributed by atoms with Gasteiger partial charge in [-0.2, -0.15) is 0 Å². The zero-order chi connectivity index (χ0) is 15.6. The summed E-state index contributed by atoms with van der Waals surface area (Å²) < 4.78 is 16.4. The van der Waals surface area contributed by atoms with Gasteiger partial charge >= 0.3 is 11.9 Å². The highest BCUT2D eigenvalue weighted by Gasteiger charge is 2.16. The van der Waals surface area contributed by atoms with Gasteiger partial charge in [0.15, 0.2) is 0 Å². The van der Waals surface area contributed by atoms with E-state index >= 15 is 0 Å². The lowest BCUT2D eigenvalue weighted by molar-refractivity contribution is -0.131. The van der Waals surface area contributed by atoms with Crippen molar-refractivity contribution in [2.24, 2.45) is 0 Å². The number of esters is 2. The lowest BCUT2D eigenvalue weighted by Gasteiger charge is -2.11. The molecule has 0 radical (unpaired) electrons. The molecule has 112 valence electrons. The Kier molecular flexibility index (Phi) is 4.47. The number of benzene rings is 1. The Hall–Kier alpha value is -2.08. The third kappa shape index (κ3) is 3.52. The molecule has 1 aromatic heterocycles. The van der Waals surface area contributed by atoms with Gasteiger partial charge in [0.2, 0.25) is 0 Å². The van der Waals surface area contributed by atoms with E-state index in [1.807, 2.05) is 19.9 Å². The molecule has 0 aliphatic rings. The predicted molar refractivity (Wildman–Crippen MR) is 80.2 cm³/mol. The average molecular weight is 308 g/mol. The van der Waals surface area contributed by atoms with E-state index in [9.17, 15) is 9.59 Å². The predicted octanol–water partition coefficient (Wildman–Crippen LogP) is 3.40. The molecular formula is C15H16O5S. The topological polar surface area (TPSA) is 61.8 Å². The lowest BCUT2D eigenvalue weighted by atomic mass is 10.2. The Labute approximate surface area is 126 Å². The lowest BCUT2D eigenvalue weighted by Crippen LogP contribution is -2.06. The Morgan fingerprint density at radius 2 is 1.90 bits per heavy atom. The molecule has 0 saturated heterocycles. The largest absolute Gasteiger partial charge is 0.491 e. The van der Waals surface area contributed by atoms with Gasteiger partial charge in [0.05, 0.1) is 13.2 Å². The van der Waals surface area contributed by atoms with E-state index in [1.54, 1.807) is 12.1 Å². The summed E-state index contributed by atoms with van der Waals surface area (Å²) in [5.41, 5.74) is 0. The first kappa shape index (κ1) is 15.3. The zero-order valence-corrected chi connectivity index (χ0v) is 13.1. The molecule has 0 bridgehead atoms. The average Bonchev–Trinajstić information content (AvgIpc) is 2.80. The summed E-state index contributed by atoms with van der Waals surface area (Å²) in [6, 6.07) is 5.13. The van der Waals surface area contributed by atoms with Gasteiger partial charge in [0.1, 0.15) is 16.4 Å². The van der Waals surface area contributed by atoms with Gasteiger partial charge in [-0.15, -0.1) is 11.3 Å². The van der Waals surface area contributed by atoms with E-state index < -0.39 is 11.9 Å². The molecule has 0 unspecified atom stereocenters. The molecule has 5 nitrogen and oxygen atoms in total. The van der Waals surface area contributed by atoms with E-state index in [0.717, 1.165) is 4.70 Å². The SMILES string of the molecule is COC(=O)c1cc2c(OC(C)=O)cc(OC(C)C)cc2s1. The van der Waals surface area contributed by atoms with Crippen LogP contribution >= 0.6 is 11.3 Å². The Balaban J connectivity index is 2.55. The van der Waals surface area contributed by atoms with Gasteiger partial charge in [-0.3, -0.25) is 4.79 Å². The summed E-state index contributed by atoms with van der Waals surface area (Å²) in [4.78, 5) is 23.3. The summed E-state index contributed by atoms with van der Waals surface area (Å²) in [6.07, 6.45) is -0.00679. The van der Waals surface area contributed by atoms with Gasteiger partial charge in [-0.25, -0.2) is 4.79 Å². The molecule has 0 amide bonds. The fourth-order valence-electron chi connectivity index (χ4n) is 1.86. The van der Waals surface area contributed by atoms with Gasteiger partial charge < -0.3 is 14.2 Å². The van der Waals surface area contributed by atoms with Crippen molar-refractivity contribution in [2.75, 3.05) is 7.11 Å². The molecule has 0 atom stereocenters. The summed E-state index contributed by atoms with van der Waals surface area (Å²) in [7, 11) is 1.33. The second kappa shape index (κ2) is 6.13. The maximum absolute atomic E-state index is 11.6. The van der Waals surface area contributed by atoms with Crippen LogP contribution in [0.3, 0.4) is 0 Å². The number of carbonyl (C=O) groups excluding carboxylic acids is 2. The number of hydrogen-bond donors (Lipinski definition) is 0. The highest BCUT2D eigenvalue weighted by Crippen LogP contribution is 2.37. The molecule has 6 heteroatoms. The molecule has 0 aliphatic carbocycles. The van der Waals surface area contributed by atoms with Crippen LogP contribution in [-0.2, 0) is 9.53 Å². The van der Waals surface area contributed by atoms with Gasteiger partial charge in [0.25, 0.3) is 0 Å². The van der Waals surface area contributed by atoms with Crippen LogP contribution < -0.4 is 9.47 Å². The standard InChI is InChI=1S/C15H16O5S/c1-8(2)19-10-5-12(20-9(3)16)11-7-14(15(17)18-4)21-13(11)6-10/h5-8H,1-4H3. The molecule has 2 rings (SSSR count). The molecule has 1 aromatic carbocycles. The number of thiophene rings is 1. The Morgan fingerprint density at radius 3 is 2.48 bits per heavy atom. The third-order valence-corrected chi connectivity index (χ3v) is 3.65. The van der Waals surface area contributed by atoms with Crippen molar-refractivity contribution in [3.8, 4) is 11.5 Å². The van der Waals surface area contributed by atoms with Crippen LogP contribution in [0.2, 0.25) is 0 Å². The normalized spacial score (nSPS) is 10.7. The number of fused-ring (bicyclic) bond motifs is 1. The summed E-state index contributed by atoms with van der Waals surface area (Å²) >= 11 is 1.27. The molecule has 0 N–H and O–H groups in total. The van der Waals surface area contributed by atoms with Gasteiger partial charge in [-0.1, -0.05) is 0 Å². The molecule has 21 heavy (non-hydrogen) atoms. The number of methoxy groups -OCH3 is 1. The fourth-order valence-corrected chi connectivity index (χ4v) is 2.89. The first-order chi connectivity index (χ1) is 9.90. The maximum Gasteiger partial charge on any atom is 0.348 e. The van der Waals surface area contributed by atoms with Crippen molar-refractivity contribution in [1.82, 2.24) is 0 Å². The van der Waals surface area contributed by atoms with Crippen LogP contribution in [0.4, 0.5) is 0 Å². The monoisotopic (exact) mass is 308 g/mol. The zero-order valence-electron chi connectivity index (χ0n) is 12.3. The molecular weight excluding hydrogens is 292 g/mol. The highest BCUT2D eigenvalue weighted by atomic mass is 32.1. The van der Waals surface area contributed by atoms with E-state index in [1.165, 1.54) is 25.4 Å².